The van der Waals surface area contributed by atoms with Crippen molar-refractivity contribution in [2.45, 2.75) is 20.3 Å². The Morgan fingerprint density at radius 2 is 2.16 bits per heavy atom. The Morgan fingerprint density at radius 1 is 1.42 bits per heavy atom. The van der Waals surface area contributed by atoms with Gasteiger partial charge in [-0.25, -0.2) is 4.79 Å². The predicted octanol–water partition coefficient (Wildman–Crippen LogP) is 2.11. The number of carbonyl (C=O) groups excluding carboxylic acids is 1. The van der Waals surface area contributed by atoms with E-state index in [-0.39, 0.29) is 17.8 Å². The maximum atomic E-state index is 11.7. The van der Waals surface area contributed by atoms with Gasteiger partial charge in [0, 0.05) is 0 Å². The van der Waals surface area contributed by atoms with Crippen molar-refractivity contribution in [3.05, 3.63) is 34.3 Å². The molecular formula is C14H17NO4. The van der Waals surface area contributed by atoms with Crippen molar-refractivity contribution in [3.63, 3.8) is 0 Å². The number of hydrogen-bond donors (Lipinski definition) is 1. The lowest BCUT2D eigenvalue weighted by atomic mass is 9.89. The van der Waals surface area contributed by atoms with Gasteiger partial charge in [-0.05, 0) is 30.0 Å². The zero-order valence-corrected chi connectivity index (χ0v) is 11.2. The summed E-state index contributed by atoms with van der Waals surface area (Å²) in [4.78, 5) is 25.4. The Balaban J connectivity index is 2.28. The maximum absolute atomic E-state index is 11.7. The van der Waals surface area contributed by atoms with Gasteiger partial charge in [0.15, 0.2) is 5.58 Å². The summed E-state index contributed by atoms with van der Waals surface area (Å²) in [5, 5.41) is 0. The van der Waals surface area contributed by atoms with Crippen LogP contribution in [-0.4, -0.2) is 18.1 Å². The number of H-pyrrole nitrogens is 1. The highest BCUT2D eigenvalue weighted by Crippen LogP contribution is 2.21. The van der Waals surface area contributed by atoms with E-state index >= 15 is 0 Å². The summed E-state index contributed by atoms with van der Waals surface area (Å²) in [6.07, 6.45) is 0.577. The van der Waals surface area contributed by atoms with Crippen LogP contribution < -0.4 is 5.76 Å². The van der Waals surface area contributed by atoms with Crippen LogP contribution in [0.1, 0.15) is 19.4 Å². The molecule has 5 heteroatoms. The summed E-state index contributed by atoms with van der Waals surface area (Å²) in [7, 11) is 1.40. The smallest absolute Gasteiger partial charge is 0.417 e. The molecule has 102 valence electrons. The fraction of sp³-hybridized carbons (Fsp3) is 0.429. The van der Waals surface area contributed by atoms with E-state index in [2.05, 4.69) is 4.98 Å². The molecule has 0 saturated carbocycles. The second kappa shape index (κ2) is 5.30. The molecule has 0 bridgehead atoms. The average molecular weight is 263 g/mol. The fourth-order valence-corrected chi connectivity index (χ4v) is 2.12. The summed E-state index contributed by atoms with van der Waals surface area (Å²) >= 11 is 0. The average Bonchev–Trinajstić information content (AvgIpc) is 2.73. The lowest BCUT2D eigenvalue weighted by Crippen LogP contribution is -2.23. The maximum Gasteiger partial charge on any atom is 0.417 e. The van der Waals surface area contributed by atoms with E-state index in [1.807, 2.05) is 26.0 Å². The highest BCUT2D eigenvalue weighted by molar-refractivity contribution is 5.75. The minimum Gasteiger partial charge on any atom is -0.469 e. The van der Waals surface area contributed by atoms with E-state index in [4.69, 9.17) is 9.15 Å². The predicted molar refractivity (Wildman–Crippen MR) is 70.9 cm³/mol. The van der Waals surface area contributed by atoms with E-state index in [1.54, 1.807) is 6.07 Å². The molecule has 0 radical (unpaired) electrons. The molecule has 1 heterocycles. The molecule has 19 heavy (non-hydrogen) atoms. The Labute approximate surface area is 110 Å². The molecule has 1 N–H and O–H groups in total. The Hall–Kier alpha value is -2.04. The molecule has 0 aliphatic rings. The zero-order valence-electron chi connectivity index (χ0n) is 11.2. The van der Waals surface area contributed by atoms with E-state index < -0.39 is 5.76 Å². The molecule has 0 saturated heterocycles. The van der Waals surface area contributed by atoms with Crippen LogP contribution in [0.25, 0.3) is 11.1 Å². The minimum absolute atomic E-state index is 0.187. The van der Waals surface area contributed by atoms with Crippen LogP contribution in [-0.2, 0) is 16.0 Å². The van der Waals surface area contributed by atoms with Crippen molar-refractivity contribution in [2.75, 3.05) is 7.11 Å². The molecule has 0 aliphatic carbocycles. The third kappa shape index (κ3) is 2.86. The van der Waals surface area contributed by atoms with E-state index in [0.717, 1.165) is 5.56 Å². The summed E-state index contributed by atoms with van der Waals surface area (Å²) in [6.45, 7) is 3.97. The quantitative estimate of drug-likeness (QED) is 0.857. The first kappa shape index (κ1) is 13.4. The lowest BCUT2D eigenvalue weighted by molar-refractivity contribution is -0.146. The Bertz CT molecular complexity index is 638. The Kier molecular flexibility index (Phi) is 3.74. The molecule has 5 nitrogen and oxygen atoms in total. The number of oxazole rings is 1. The number of ether oxygens (including phenoxy) is 1. The molecule has 1 aromatic heterocycles. The molecule has 0 aliphatic heterocycles. The first-order valence-corrected chi connectivity index (χ1v) is 6.21. The normalized spacial score (nSPS) is 12.8. The van der Waals surface area contributed by atoms with Crippen LogP contribution >= 0.6 is 0 Å². The van der Waals surface area contributed by atoms with Gasteiger partial charge < -0.3 is 9.15 Å². The number of esters is 1. The largest absolute Gasteiger partial charge is 0.469 e. The van der Waals surface area contributed by atoms with Crippen LogP contribution in [0.3, 0.4) is 0 Å². The van der Waals surface area contributed by atoms with Crippen molar-refractivity contribution in [1.29, 1.82) is 0 Å². The van der Waals surface area contributed by atoms with Crippen LogP contribution in [0.2, 0.25) is 0 Å². The first-order valence-electron chi connectivity index (χ1n) is 6.21. The van der Waals surface area contributed by atoms with Gasteiger partial charge in [0.25, 0.3) is 0 Å². The molecular weight excluding hydrogens is 246 g/mol. The fourth-order valence-electron chi connectivity index (χ4n) is 2.12. The van der Waals surface area contributed by atoms with Crippen LogP contribution in [0.5, 0.6) is 0 Å². The summed E-state index contributed by atoms with van der Waals surface area (Å²) in [6, 6.07) is 5.42. The van der Waals surface area contributed by atoms with Gasteiger partial charge in [-0.15, -0.1) is 0 Å². The van der Waals surface area contributed by atoms with Crippen molar-refractivity contribution in [2.24, 2.45) is 11.8 Å². The number of benzene rings is 1. The highest BCUT2D eigenvalue weighted by Gasteiger charge is 2.23. The number of methoxy groups -OCH3 is 1. The van der Waals surface area contributed by atoms with Crippen LogP contribution in [0.15, 0.2) is 27.4 Å². The van der Waals surface area contributed by atoms with Gasteiger partial charge in [-0.2, -0.15) is 0 Å². The molecule has 1 aromatic carbocycles. The number of fused-ring (bicyclic) bond motifs is 1. The number of nitrogens with one attached hydrogen (secondary N) is 1. The summed E-state index contributed by atoms with van der Waals surface area (Å²) < 4.78 is 9.76. The summed E-state index contributed by atoms with van der Waals surface area (Å²) in [5.74, 6) is -0.691. The van der Waals surface area contributed by atoms with Crippen LogP contribution in [0, 0.1) is 11.8 Å². The van der Waals surface area contributed by atoms with Crippen molar-refractivity contribution < 1.29 is 13.9 Å². The van der Waals surface area contributed by atoms with E-state index in [1.165, 1.54) is 7.11 Å². The number of carbonyl (C=O) groups is 1. The van der Waals surface area contributed by atoms with E-state index in [9.17, 15) is 9.59 Å². The number of hydrogen-bond acceptors (Lipinski definition) is 4. The molecule has 1 unspecified atom stereocenters. The molecule has 0 amide bonds. The van der Waals surface area contributed by atoms with Gasteiger partial charge in [0.2, 0.25) is 0 Å². The van der Waals surface area contributed by atoms with E-state index in [0.29, 0.717) is 17.5 Å². The number of rotatable bonds is 4. The summed E-state index contributed by atoms with van der Waals surface area (Å²) in [5.41, 5.74) is 2.14. The van der Waals surface area contributed by atoms with Crippen LogP contribution in [0.4, 0.5) is 0 Å². The second-order valence-electron chi connectivity index (χ2n) is 4.92. The molecule has 2 rings (SSSR count). The SMILES string of the molecule is COC(=O)C(Cc1ccc2oc(=O)[nH]c2c1)C(C)C. The Morgan fingerprint density at radius 3 is 2.79 bits per heavy atom. The lowest BCUT2D eigenvalue weighted by Gasteiger charge is -2.18. The monoisotopic (exact) mass is 263 g/mol. The standard InChI is InChI=1S/C14H17NO4/c1-8(2)10(13(16)18-3)6-9-4-5-12-11(7-9)15-14(17)19-12/h4-5,7-8,10H,6H2,1-3H3,(H,15,17). The molecule has 0 spiro atoms. The van der Waals surface area contributed by atoms with Gasteiger partial charge in [-0.3, -0.25) is 9.78 Å². The minimum atomic E-state index is -0.472. The van der Waals surface area contributed by atoms with Gasteiger partial charge in [-0.1, -0.05) is 19.9 Å². The van der Waals surface area contributed by atoms with Crippen molar-refractivity contribution in [1.82, 2.24) is 4.98 Å². The van der Waals surface area contributed by atoms with Gasteiger partial charge in [0.05, 0.1) is 18.5 Å². The number of aromatic nitrogens is 1. The van der Waals surface area contributed by atoms with Gasteiger partial charge in [0.1, 0.15) is 0 Å². The topological polar surface area (TPSA) is 72.3 Å². The number of aromatic amines is 1. The van der Waals surface area contributed by atoms with Crippen molar-refractivity contribution in [3.8, 4) is 0 Å². The highest BCUT2D eigenvalue weighted by atomic mass is 16.5. The third-order valence-corrected chi connectivity index (χ3v) is 3.25. The molecule has 1 atom stereocenters. The van der Waals surface area contributed by atoms with Crippen molar-refractivity contribution >= 4 is 17.1 Å². The third-order valence-electron chi connectivity index (χ3n) is 3.25. The zero-order chi connectivity index (χ0) is 14.0. The second-order valence-corrected chi connectivity index (χ2v) is 4.92. The molecule has 2 aromatic rings. The first-order chi connectivity index (χ1) is 9.01. The molecule has 0 fully saturated rings. The van der Waals surface area contributed by atoms with Gasteiger partial charge >= 0.3 is 11.7 Å².